The van der Waals surface area contributed by atoms with Crippen LogP contribution in [0.2, 0.25) is 0 Å². The third-order valence-corrected chi connectivity index (χ3v) is 4.82. The lowest BCUT2D eigenvalue weighted by molar-refractivity contribution is -0.137. The van der Waals surface area contributed by atoms with Crippen LogP contribution in [0, 0.1) is 13.8 Å². The molecule has 1 atom stereocenters. The molecule has 0 fully saturated rings. The lowest BCUT2D eigenvalue weighted by Gasteiger charge is -2.16. The highest BCUT2D eigenvalue weighted by Crippen LogP contribution is 2.19. The number of sulfonamides is 1. The predicted octanol–water partition coefficient (Wildman–Crippen LogP) is 0.288. The number of aryl methyl sites for hydroxylation is 1. The molecular formula is C12H21N3O5S. The first-order valence-corrected chi connectivity index (χ1v) is 7.98. The van der Waals surface area contributed by atoms with Crippen molar-refractivity contribution in [2.24, 2.45) is 0 Å². The Hall–Kier alpha value is -1.45. The number of rotatable bonds is 8. The van der Waals surface area contributed by atoms with E-state index in [0.29, 0.717) is 12.1 Å². The number of nitrogens with one attached hydrogen (secondary N) is 1. The van der Waals surface area contributed by atoms with E-state index in [1.54, 1.807) is 0 Å². The maximum atomic E-state index is 12.4. The van der Waals surface area contributed by atoms with E-state index in [9.17, 15) is 13.2 Å². The van der Waals surface area contributed by atoms with Gasteiger partial charge < -0.3 is 9.84 Å². The molecule has 1 rings (SSSR count). The normalized spacial score (nSPS) is 13.3. The van der Waals surface area contributed by atoms with Crippen LogP contribution >= 0.6 is 0 Å². The fourth-order valence-electron chi connectivity index (χ4n) is 2.07. The second-order valence-electron chi connectivity index (χ2n) is 4.73. The minimum atomic E-state index is -3.78. The lowest BCUT2D eigenvalue weighted by atomic mass is 10.3. The van der Waals surface area contributed by atoms with Gasteiger partial charge in [-0.05, 0) is 20.3 Å². The topological polar surface area (TPSA) is 111 Å². The highest BCUT2D eigenvalue weighted by atomic mass is 32.2. The van der Waals surface area contributed by atoms with Gasteiger partial charge in [0.2, 0.25) is 10.0 Å². The Morgan fingerprint density at radius 1 is 1.48 bits per heavy atom. The molecule has 0 spiro atoms. The Labute approximate surface area is 124 Å². The minimum Gasteiger partial charge on any atom is -0.480 e. The summed E-state index contributed by atoms with van der Waals surface area (Å²) >= 11 is 0. The van der Waals surface area contributed by atoms with E-state index < -0.39 is 16.0 Å². The number of carboxylic acid groups (broad SMARTS) is 1. The van der Waals surface area contributed by atoms with Crippen molar-refractivity contribution in [1.29, 1.82) is 0 Å². The Balaban J connectivity index is 3.14. The van der Waals surface area contributed by atoms with E-state index in [1.807, 2.05) is 6.92 Å². The number of methoxy groups -OCH3 is 1. The number of carboxylic acids is 1. The van der Waals surface area contributed by atoms with Crippen molar-refractivity contribution in [2.75, 3.05) is 13.7 Å². The Kier molecular flexibility index (Phi) is 5.87. The molecular weight excluding hydrogens is 298 g/mol. The summed E-state index contributed by atoms with van der Waals surface area (Å²) in [6, 6.07) is -0.346. The van der Waals surface area contributed by atoms with Crippen LogP contribution in [0.15, 0.2) is 4.90 Å². The number of nitrogens with zero attached hydrogens (tertiary/aromatic N) is 2. The number of carbonyl (C=O) groups is 1. The maximum absolute atomic E-state index is 12.4. The quantitative estimate of drug-likeness (QED) is 0.712. The van der Waals surface area contributed by atoms with E-state index in [-0.39, 0.29) is 29.8 Å². The molecule has 8 nitrogen and oxygen atoms in total. The average Bonchev–Trinajstić information content (AvgIpc) is 2.63. The van der Waals surface area contributed by atoms with Crippen LogP contribution in [0.3, 0.4) is 0 Å². The molecule has 1 aromatic heterocycles. The molecule has 0 aromatic carbocycles. The number of aromatic nitrogens is 2. The second-order valence-corrected chi connectivity index (χ2v) is 6.38. The maximum Gasteiger partial charge on any atom is 0.325 e. The van der Waals surface area contributed by atoms with Gasteiger partial charge in [0.15, 0.2) is 0 Å². The zero-order valence-corrected chi connectivity index (χ0v) is 13.4. The van der Waals surface area contributed by atoms with Crippen LogP contribution in [0.4, 0.5) is 0 Å². The summed E-state index contributed by atoms with van der Waals surface area (Å²) in [5, 5.41) is 12.8. The third kappa shape index (κ3) is 4.26. The molecule has 9 heteroatoms. The molecule has 0 aliphatic heterocycles. The van der Waals surface area contributed by atoms with E-state index in [2.05, 4.69) is 9.82 Å². The van der Waals surface area contributed by atoms with E-state index in [1.165, 1.54) is 25.6 Å². The van der Waals surface area contributed by atoms with Gasteiger partial charge in [0.1, 0.15) is 11.4 Å². The first-order chi connectivity index (χ1) is 9.72. The fraction of sp³-hybridized carbons (Fsp3) is 0.667. The van der Waals surface area contributed by atoms with Crippen molar-refractivity contribution in [2.45, 2.75) is 44.7 Å². The molecule has 0 amide bonds. The average molecular weight is 319 g/mol. The van der Waals surface area contributed by atoms with Gasteiger partial charge in [-0.2, -0.15) is 5.10 Å². The van der Waals surface area contributed by atoms with Gasteiger partial charge in [0.25, 0.3) is 0 Å². The summed E-state index contributed by atoms with van der Waals surface area (Å²) in [5.41, 5.74) is 0.572. The molecule has 0 aliphatic carbocycles. The fourth-order valence-corrected chi connectivity index (χ4v) is 3.78. The highest BCUT2D eigenvalue weighted by molar-refractivity contribution is 7.89. The molecule has 2 N–H and O–H groups in total. The largest absolute Gasteiger partial charge is 0.480 e. The molecule has 0 aliphatic rings. The van der Waals surface area contributed by atoms with Crippen LogP contribution in [-0.4, -0.2) is 49.0 Å². The molecule has 21 heavy (non-hydrogen) atoms. The van der Waals surface area contributed by atoms with E-state index in [0.717, 1.165) is 0 Å². The summed E-state index contributed by atoms with van der Waals surface area (Å²) in [4.78, 5) is 10.8. The lowest BCUT2D eigenvalue weighted by Crippen LogP contribution is -2.37. The second kappa shape index (κ2) is 7.01. The van der Waals surface area contributed by atoms with Crippen molar-refractivity contribution in [3.8, 4) is 0 Å². The van der Waals surface area contributed by atoms with Crippen molar-refractivity contribution < 1.29 is 23.1 Å². The molecule has 1 heterocycles. The Morgan fingerprint density at radius 2 is 2.10 bits per heavy atom. The van der Waals surface area contributed by atoms with Gasteiger partial charge in [-0.3, -0.25) is 9.48 Å². The van der Waals surface area contributed by atoms with Crippen LogP contribution in [-0.2, 0) is 26.1 Å². The third-order valence-electron chi connectivity index (χ3n) is 3.05. The molecule has 120 valence electrons. The van der Waals surface area contributed by atoms with Crippen LogP contribution in [0.1, 0.15) is 24.7 Å². The molecule has 1 unspecified atom stereocenters. The summed E-state index contributed by atoms with van der Waals surface area (Å²) in [6.07, 6.45) is 0.578. The highest BCUT2D eigenvalue weighted by Gasteiger charge is 2.27. The molecule has 0 saturated carbocycles. The molecule has 1 aromatic rings. The zero-order chi connectivity index (χ0) is 16.2. The van der Waals surface area contributed by atoms with Gasteiger partial charge in [0, 0.05) is 13.2 Å². The predicted molar refractivity (Wildman–Crippen MR) is 75.6 cm³/mol. The van der Waals surface area contributed by atoms with Gasteiger partial charge in [-0.15, -0.1) is 0 Å². The molecule has 0 saturated heterocycles. The summed E-state index contributed by atoms with van der Waals surface area (Å²) in [7, 11) is -2.28. The van der Waals surface area contributed by atoms with E-state index >= 15 is 0 Å². The first kappa shape index (κ1) is 17.6. The monoisotopic (exact) mass is 319 g/mol. The summed E-state index contributed by atoms with van der Waals surface area (Å²) in [5.74, 6) is -1.08. The number of hydrogen-bond donors (Lipinski definition) is 2. The van der Waals surface area contributed by atoms with Crippen molar-refractivity contribution in [3.05, 3.63) is 11.4 Å². The number of ether oxygens (including phenoxy) is 1. The van der Waals surface area contributed by atoms with Crippen LogP contribution in [0.25, 0.3) is 0 Å². The first-order valence-electron chi connectivity index (χ1n) is 6.50. The van der Waals surface area contributed by atoms with E-state index in [4.69, 9.17) is 9.84 Å². The van der Waals surface area contributed by atoms with Crippen LogP contribution in [0.5, 0.6) is 0 Å². The standard InChI is InChI=1S/C12H21N3O5S/c1-5-10(7-20-4)14-21(18,19)12-8(2)13-15(9(12)3)6-11(16)17/h10,14H,5-7H2,1-4H3,(H,16,17). The van der Waals surface area contributed by atoms with Gasteiger partial charge in [0.05, 0.1) is 18.0 Å². The molecule has 0 bridgehead atoms. The minimum absolute atomic E-state index is 0.0262. The number of hydrogen-bond acceptors (Lipinski definition) is 5. The van der Waals surface area contributed by atoms with Crippen LogP contribution < -0.4 is 4.72 Å². The number of aliphatic carboxylic acids is 1. The zero-order valence-electron chi connectivity index (χ0n) is 12.6. The van der Waals surface area contributed by atoms with Crippen molar-refractivity contribution in [1.82, 2.24) is 14.5 Å². The Bertz CT molecular complexity index is 609. The summed E-state index contributed by atoms with van der Waals surface area (Å²) in [6.45, 7) is 4.81. The SMILES string of the molecule is CCC(COC)NS(=O)(=O)c1c(C)nn(CC(=O)O)c1C. The Morgan fingerprint density at radius 3 is 2.57 bits per heavy atom. The van der Waals surface area contributed by atoms with Gasteiger partial charge in [-0.1, -0.05) is 6.92 Å². The molecule has 0 radical (unpaired) electrons. The van der Waals surface area contributed by atoms with Gasteiger partial charge in [-0.25, -0.2) is 13.1 Å². The summed E-state index contributed by atoms with van der Waals surface area (Å²) < 4.78 is 33.6. The smallest absolute Gasteiger partial charge is 0.325 e. The van der Waals surface area contributed by atoms with Crippen molar-refractivity contribution >= 4 is 16.0 Å². The van der Waals surface area contributed by atoms with Gasteiger partial charge >= 0.3 is 5.97 Å². The van der Waals surface area contributed by atoms with Crippen molar-refractivity contribution in [3.63, 3.8) is 0 Å².